The molecular weight excluding hydrogens is 464 g/mol. The molecule has 2 aromatic heterocycles. The van der Waals surface area contributed by atoms with E-state index in [-0.39, 0.29) is 13.0 Å². The van der Waals surface area contributed by atoms with Crippen molar-refractivity contribution in [1.82, 2.24) is 20.2 Å². The van der Waals surface area contributed by atoms with E-state index < -0.39 is 47.2 Å². The van der Waals surface area contributed by atoms with Gasteiger partial charge in [0.2, 0.25) is 5.91 Å². The zero-order valence-electron chi connectivity index (χ0n) is 21.5. The standard InChI is InChI=1S/C26H34N4O6/c1-25(2,3)21(29-24(34)36-26(4,5)6)22(31)30-15-19(12-20(30)23(32)33)35-18-11-17(13-28-14-18)16-7-9-27-10-8-16/h7-11,13-14,19-21H,12,15H2,1-6H3,(H,29,34)(H,32,33)/t19-,20?,21?/m1/s1. The van der Waals surface area contributed by atoms with Gasteiger partial charge in [-0.15, -0.1) is 0 Å². The second-order valence-electron chi connectivity index (χ2n) is 10.9. The third-order valence-electron chi connectivity index (χ3n) is 5.63. The third-order valence-corrected chi connectivity index (χ3v) is 5.63. The molecule has 0 aromatic carbocycles. The van der Waals surface area contributed by atoms with E-state index in [4.69, 9.17) is 9.47 Å². The van der Waals surface area contributed by atoms with Crippen LogP contribution in [0.3, 0.4) is 0 Å². The topological polar surface area (TPSA) is 131 Å². The summed E-state index contributed by atoms with van der Waals surface area (Å²) in [6.07, 6.45) is 5.40. The van der Waals surface area contributed by atoms with Crippen molar-refractivity contribution in [2.24, 2.45) is 5.41 Å². The number of aliphatic carboxylic acids is 1. The van der Waals surface area contributed by atoms with Crippen molar-refractivity contribution < 1.29 is 29.0 Å². The molecule has 194 valence electrons. The third kappa shape index (κ3) is 6.93. The van der Waals surface area contributed by atoms with E-state index >= 15 is 0 Å². The minimum Gasteiger partial charge on any atom is -0.487 e. The lowest BCUT2D eigenvalue weighted by molar-refractivity contribution is -0.150. The van der Waals surface area contributed by atoms with E-state index in [9.17, 15) is 19.5 Å². The number of ether oxygens (including phenoxy) is 2. The Labute approximate surface area is 211 Å². The van der Waals surface area contributed by atoms with Crippen molar-refractivity contribution in [1.29, 1.82) is 0 Å². The Hall–Kier alpha value is -3.69. The quantitative estimate of drug-likeness (QED) is 0.619. The lowest BCUT2D eigenvalue weighted by Gasteiger charge is -2.35. The summed E-state index contributed by atoms with van der Waals surface area (Å²) in [6.45, 7) is 10.6. The number of nitrogens with one attached hydrogen (secondary N) is 1. The summed E-state index contributed by atoms with van der Waals surface area (Å²) in [4.78, 5) is 47.6. The van der Waals surface area contributed by atoms with Crippen LogP contribution < -0.4 is 10.1 Å². The number of aromatic nitrogens is 2. The van der Waals surface area contributed by atoms with Gasteiger partial charge in [0, 0.05) is 30.6 Å². The number of carboxylic acids is 1. The Morgan fingerprint density at radius 3 is 2.31 bits per heavy atom. The molecule has 10 nitrogen and oxygen atoms in total. The lowest BCUT2D eigenvalue weighted by atomic mass is 9.85. The van der Waals surface area contributed by atoms with Crippen LogP contribution in [0.5, 0.6) is 5.75 Å². The molecule has 0 spiro atoms. The largest absolute Gasteiger partial charge is 0.487 e. The second-order valence-corrected chi connectivity index (χ2v) is 10.9. The zero-order chi connectivity index (χ0) is 26.7. The normalized spacial score (nSPS) is 18.9. The summed E-state index contributed by atoms with van der Waals surface area (Å²) < 4.78 is 11.4. The smallest absolute Gasteiger partial charge is 0.408 e. The van der Waals surface area contributed by atoms with Crippen LogP contribution in [0, 0.1) is 5.41 Å². The van der Waals surface area contributed by atoms with Crippen LogP contribution >= 0.6 is 0 Å². The number of carbonyl (C=O) groups is 3. The van der Waals surface area contributed by atoms with Gasteiger partial charge in [0.1, 0.15) is 29.5 Å². The molecule has 36 heavy (non-hydrogen) atoms. The molecule has 2 amide bonds. The molecule has 0 saturated carbocycles. The Morgan fingerprint density at radius 1 is 1.06 bits per heavy atom. The van der Waals surface area contributed by atoms with Gasteiger partial charge in [0.05, 0.1) is 12.7 Å². The SMILES string of the molecule is CC(C)(C)OC(=O)NC(C(=O)N1C[C@H](Oc2cncc(-c3ccncc3)c2)CC1C(=O)O)C(C)(C)C. The maximum absolute atomic E-state index is 13.6. The van der Waals surface area contributed by atoms with Crippen LogP contribution in [0.1, 0.15) is 48.0 Å². The monoisotopic (exact) mass is 498 g/mol. The molecule has 1 aliphatic heterocycles. The molecule has 0 radical (unpaired) electrons. The minimum absolute atomic E-state index is 0.0534. The summed E-state index contributed by atoms with van der Waals surface area (Å²) in [5.74, 6) is -1.18. The summed E-state index contributed by atoms with van der Waals surface area (Å²) >= 11 is 0. The maximum Gasteiger partial charge on any atom is 0.408 e. The van der Waals surface area contributed by atoms with Crippen LogP contribution in [-0.2, 0) is 14.3 Å². The highest BCUT2D eigenvalue weighted by atomic mass is 16.6. The molecule has 0 bridgehead atoms. The number of hydrogen-bond acceptors (Lipinski definition) is 7. The number of amides is 2. The molecule has 2 aromatic rings. The number of rotatable bonds is 6. The van der Waals surface area contributed by atoms with E-state index in [2.05, 4.69) is 15.3 Å². The van der Waals surface area contributed by atoms with Crippen molar-refractivity contribution in [3.8, 4) is 16.9 Å². The lowest BCUT2D eigenvalue weighted by Crippen LogP contribution is -2.57. The molecule has 1 aliphatic rings. The Morgan fingerprint density at radius 2 is 1.72 bits per heavy atom. The van der Waals surface area contributed by atoms with E-state index in [0.29, 0.717) is 5.75 Å². The molecule has 2 N–H and O–H groups in total. The summed E-state index contributed by atoms with van der Waals surface area (Å²) in [7, 11) is 0. The van der Waals surface area contributed by atoms with Crippen molar-refractivity contribution in [3.63, 3.8) is 0 Å². The first kappa shape index (κ1) is 26.9. The van der Waals surface area contributed by atoms with Crippen molar-refractivity contribution in [2.75, 3.05) is 6.54 Å². The molecule has 3 rings (SSSR count). The summed E-state index contributed by atoms with van der Waals surface area (Å²) in [6, 6.07) is 3.42. The van der Waals surface area contributed by atoms with Gasteiger partial charge in [0.25, 0.3) is 0 Å². The first-order valence-electron chi connectivity index (χ1n) is 11.8. The number of alkyl carbamates (subject to hydrolysis) is 1. The number of hydrogen-bond donors (Lipinski definition) is 2. The van der Waals surface area contributed by atoms with E-state index in [1.165, 1.54) is 4.90 Å². The molecule has 2 unspecified atom stereocenters. The fourth-order valence-electron chi connectivity index (χ4n) is 3.98. The molecule has 0 aliphatic carbocycles. The van der Waals surface area contributed by atoms with Crippen LogP contribution in [-0.4, -0.2) is 68.3 Å². The molecular formula is C26H34N4O6. The molecule has 3 heterocycles. The second kappa shape index (κ2) is 10.5. The summed E-state index contributed by atoms with van der Waals surface area (Å²) in [5, 5.41) is 12.5. The number of carbonyl (C=O) groups excluding carboxylic acids is 2. The number of nitrogens with zero attached hydrogens (tertiary/aromatic N) is 3. The highest BCUT2D eigenvalue weighted by molar-refractivity contribution is 5.90. The van der Waals surface area contributed by atoms with Gasteiger partial charge in [-0.25, -0.2) is 9.59 Å². The highest BCUT2D eigenvalue weighted by Gasteiger charge is 2.46. The van der Waals surface area contributed by atoms with Gasteiger partial charge in [-0.2, -0.15) is 0 Å². The number of likely N-dealkylation sites (tertiary alicyclic amines) is 1. The Bertz CT molecular complexity index is 1090. The highest BCUT2D eigenvalue weighted by Crippen LogP contribution is 2.29. The fraction of sp³-hybridized carbons (Fsp3) is 0.500. The predicted molar refractivity (Wildman–Crippen MR) is 132 cm³/mol. The van der Waals surface area contributed by atoms with Crippen LogP contribution in [0.15, 0.2) is 43.0 Å². The average molecular weight is 499 g/mol. The molecule has 10 heteroatoms. The van der Waals surface area contributed by atoms with E-state index in [1.54, 1.807) is 66.3 Å². The predicted octanol–water partition coefficient (Wildman–Crippen LogP) is 3.52. The van der Waals surface area contributed by atoms with Gasteiger partial charge in [0.15, 0.2) is 0 Å². The first-order valence-corrected chi connectivity index (χ1v) is 11.8. The zero-order valence-corrected chi connectivity index (χ0v) is 21.5. The minimum atomic E-state index is -1.14. The van der Waals surface area contributed by atoms with Gasteiger partial charge in [-0.05, 0) is 49.9 Å². The van der Waals surface area contributed by atoms with Crippen molar-refractivity contribution in [3.05, 3.63) is 43.0 Å². The van der Waals surface area contributed by atoms with Crippen LogP contribution in [0.25, 0.3) is 11.1 Å². The molecule has 1 fully saturated rings. The fourth-order valence-corrected chi connectivity index (χ4v) is 3.98. The average Bonchev–Trinajstić information content (AvgIpc) is 3.20. The van der Waals surface area contributed by atoms with Gasteiger partial charge in [-0.1, -0.05) is 20.8 Å². The van der Waals surface area contributed by atoms with E-state index in [1.807, 2.05) is 18.2 Å². The molecule has 1 saturated heterocycles. The van der Waals surface area contributed by atoms with Gasteiger partial charge >= 0.3 is 12.1 Å². The van der Waals surface area contributed by atoms with Gasteiger partial charge < -0.3 is 24.8 Å². The first-order chi connectivity index (χ1) is 16.7. The Kier molecular flexibility index (Phi) is 7.86. The Balaban J connectivity index is 1.78. The van der Waals surface area contributed by atoms with Crippen molar-refractivity contribution in [2.45, 2.75) is 71.8 Å². The van der Waals surface area contributed by atoms with Crippen molar-refractivity contribution >= 4 is 18.0 Å². The van der Waals surface area contributed by atoms with Crippen LogP contribution in [0.2, 0.25) is 0 Å². The van der Waals surface area contributed by atoms with E-state index in [0.717, 1.165) is 11.1 Å². The summed E-state index contributed by atoms with van der Waals surface area (Å²) in [5.41, 5.74) is 0.296. The number of carboxylic acid groups (broad SMARTS) is 1. The number of pyridine rings is 2. The molecule has 3 atom stereocenters. The van der Waals surface area contributed by atoms with Crippen LogP contribution in [0.4, 0.5) is 4.79 Å². The van der Waals surface area contributed by atoms with Gasteiger partial charge in [-0.3, -0.25) is 14.8 Å². The maximum atomic E-state index is 13.6.